The van der Waals surface area contributed by atoms with Gasteiger partial charge in [-0.1, -0.05) is 56.1 Å². The SMILES string of the molecule is O=C(CN(C(=O)c1ccccc1[N+](=O)[O-])N1C(=O)[C@@H]2[C@H]3C[C@@H]([C@H](Br)[C@H]3Br)[C@H]2C1=O)c1cccc([N+](=O)[O-])c1. The number of alkyl halides is 2. The summed E-state index contributed by atoms with van der Waals surface area (Å²) in [6.07, 6.45) is 0.636. The number of nitro benzene ring substituents is 2. The minimum atomic E-state index is -1.09. The summed E-state index contributed by atoms with van der Waals surface area (Å²) in [6, 6.07) is 9.80. The van der Waals surface area contributed by atoms with Gasteiger partial charge in [-0.15, -0.1) is 0 Å². The van der Waals surface area contributed by atoms with Crippen LogP contribution in [0.4, 0.5) is 11.4 Å². The fraction of sp³-hybridized carbons (Fsp3) is 0.333. The largest absolute Gasteiger partial charge is 0.292 e. The maximum atomic E-state index is 13.7. The number of para-hydroxylation sites is 1. The molecule has 1 aliphatic heterocycles. The molecule has 3 aliphatic rings. The Morgan fingerprint density at radius 3 is 2.11 bits per heavy atom. The third-order valence-electron chi connectivity index (χ3n) is 7.44. The van der Waals surface area contributed by atoms with E-state index >= 15 is 0 Å². The molecule has 2 aromatic carbocycles. The molecule has 0 N–H and O–H groups in total. The summed E-state index contributed by atoms with van der Waals surface area (Å²) < 4.78 is 0. The highest BCUT2D eigenvalue weighted by Gasteiger charge is 2.67. The second kappa shape index (κ2) is 9.66. The highest BCUT2D eigenvalue weighted by atomic mass is 79.9. The Labute approximate surface area is 231 Å². The molecule has 1 saturated heterocycles. The zero-order valence-corrected chi connectivity index (χ0v) is 22.5. The standard InChI is InChI=1S/C24H18Br2N4O8/c25-20-14-9-15(21(20)26)19-18(14)23(33)28(24(19)34)27(22(32)13-6-1-2-7-16(13)30(37)38)10-17(31)11-4-3-5-12(8-11)29(35)36/h1-8,14-15,18-21H,9-10H2/t14-,15-,18-,19-,20+,21+/m1/s1. The van der Waals surface area contributed by atoms with Crippen LogP contribution in [0.1, 0.15) is 27.1 Å². The molecule has 5 rings (SSSR count). The molecule has 14 heteroatoms. The van der Waals surface area contributed by atoms with Crippen LogP contribution in [-0.4, -0.2) is 59.6 Å². The molecule has 0 spiro atoms. The van der Waals surface area contributed by atoms with Gasteiger partial charge in [-0.25, -0.2) is 5.01 Å². The Balaban J connectivity index is 1.55. The minimum Gasteiger partial charge on any atom is -0.292 e. The summed E-state index contributed by atoms with van der Waals surface area (Å²) in [5, 5.41) is 24.1. The molecule has 0 aromatic heterocycles. The highest BCUT2D eigenvalue weighted by molar-refractivity contribution is 9.12. The topological polar surface area (TPSA) is 161 Å². The van der Waals surface area contributed by atoms with Crippen molar-refractivity contribution >= 4 is 66.7 Å². The number of hydrazine groups is 1. The monoisotopic (exact) mass is 648 g/mol. The maximum Gasteiger partial charge on any atom is 0.282 e. The van der Waals surface area contributed by atoms with Crippen molar-refractivity contribution in [1.82, 2.24) is 10.0 Å². The molecule has 12 nitrogen and oxygen atoms in total. The molecule has 3 amide bonds. The van der Waals surface area contributed by atoms with Crippen LogP contribution in [0, 0.1) is 43.9 Å². The van der Waals surface area contributed by atoms with E-state index < -0.39 is 63.0 Å². The zero-order chi connectivity index (χ0) is 27.5. The lowest BCUT2D eigenvalue weighted by Crippen LogP contribution is -2.52. The number of benzene rings is 2. The number of halogens is 2. The van der Waals surface area contributed by atoms with Crippen molar-refractivity contribution in [1.29, 1.82) is 0 Å². The average molecular weight is 650 g/mol. The van der Waals surface area contributed by atoms with Gasteiger partial charge in [0.25, 0.3) is 29.1 Å². The molecular formula is C24H18Br2N4O8. The van der Waals surface area contributed by atoms with E-state index in [-0.39, 0.29) is 32.7 Å². The highest BCUT2D eigenvalue weighted by Crippen LogP contribution is 2.60. The van der Waals surface area contributed by atoms with Gasteiger partial charge in [0.2, 0.25) is 0 Å². The van der Waals surface area contributed by atoms with Crippen molar-refractivity contribution in [2.75, 3.05) is 6.54 Å². The Kier molecular flexibility index (Phi) is 6.63. The van der Waals surface area contributed by atoms with Gasteiger partial charge in [-0.3, -0.25) is 39.4 Å². The second-order valence-electron chi connectivity index (χ2n) is 9.36. The Morgan fingerprint density at radius 2 is 1.53 bits per heavy atom. The first-order valence-electron chi connectivity index (χ1n) is 11.5. The molecule has 2 aromatic rings. The van der Waals surface area contributed by atoms with Crippen LogP contribution in [0.5, 0.6) is 0 Å². The summed E-state index contributed by atoms with van der Waals surface area (Å²) in [7, 11) is 0. The first kappa shape index (κ1) is 26.1. The molecule has 196 valence electrons. The van der Waals surface area contributed by atoms with Crippen molar-refractivity contribution in [3.05, 3.63) is 79.9 Å². The van der Waals surface area contributed by atoms with E-state index in [4.69, 9.17) is 0 Å². The quantitative estimate of drug-likeness (QED) is 0.145. The van der Waals surface area contributed by atoms with Gasteiger partial charge in [-0.05, 0) is 24.3 Å². The predicted molar refractivity (Wildman–Crippen MR) is 137 cm³/mol. The van der Waals surface area contributed by atoms with Gasteiger partial charge in [0.15, 0.2) is 5.78 Å². The predicted octanol–water partition coefficient (Wildman–Crippen LogP) is 3.52. The number of rotatable bonds is 7. The maximum absolute atomic E-state index is 13.7. The zero-order valence-electron chi connectivity index (χ0n) is 19.3. The summed E-state index contributed by atoms with van der Waals surface area (Å²) in [5.41, 5.74) is -1.47. The van der Waals surface area contributed by atoms with Crippen LogP contribution in [0.25, 0.3) is 0 Å². The summed E-state index contributed by atoms with van der Waals surface area (Å²) in [6.45, 7) is -0.839. The molecule has 2 bridgehead atoms. The Hall–Kier alpha value is -3.52. The molecule has 3 fully saturated rings. The van der Waals surface area contributed by atoms with Crippen LogP contribution in [-0.2, 0) is 9.59 Å². The number of ketones is 1. The van der Waals surface area contributed by atoms with Crippen LogP contribution in [0.3, 0.4) is 0 Å². The lowest BCUT2D eigenvalue weighted by molar-refractivity contribution is -0.385. The number of nitro groups is 2. The summed E-state index contributed by atoms with van der Waals surface area (Å²) >= 11 is 7.18. The van der Waals surface area contributed by atoms with Gasteiger partial charge in [0.1, 0.15) is 12.1 Å². The summed E-state index contributed by atoms with van der Waals surface area (Å²) in [4.78, 5) is 75.4. The molecular weight excluding hydrogens is 632 g/mol. The van der Waals surface area contributed by atoms with E-state index in [0.29, 0.717) is 16.4 Å². The smallest absolute Gasteiger partial charge is 0.282 e. The Morgan fingerprint density at radius 1 is 0.921 bits per heavy atom. The van der Waals surface area contributed by atoms with Crippen LogP contribution >= 0.6 is 31.9 Å². The normalized spacial score (nSPS) is 27.4. The molecule has 2 saturated carbocycles. The molecule has 0 unspecified atom stereocenters. The van der Waals surface area contributed by atoms with E-state index in [1.807, 2.05) is 0 Å². The van der Waals surface area contributed by atoms with E-state index in [0.717, 1.165) is 12.1 Å². The molecule has 2 aliphatic carbocycles. The van der Waals surface area contributed by atoms with Gasteiger partial charge in [0.05, 0.1) is 21.7 Å². The van der Waals surface area contributed by atoms with Crippen molar-refractivity contribution in [2.24, 2.45) is 23.7 Å². The van der Waals surface area contributed by atoms with Crippen molar-refractivity contribution in [3.8, 4) is 0 Å². The number of non-ortho nitro benzene ring substituents is 1. The molecule has 6 atom stereocenters. The number of hydrogen-bond acceptors (Lipinski definition) is 8. The third kappa shape index (κ3) is 4.02. The molecule has 0 radical (unpaired) electrons. The van der Waals surface area contributed by atoms with Crippen LogP contribution < -0.4 is 0 Å². The number of hydrogen-bond donors (Lipinski definition) is 0. The van der Waals surface area contributed by atoms with Crippen LogP contribution in [0.15, 0.2) is 48.5 Å². The van der Waals surface area contributed by atoms with Gasteiger partial charge >= 0.3 is 0 Å². The average Bonchev–Trinajstić information content (AvgIpc) is 3.51. The third-order valence-corrected chi connectivity index (χ3v) is 10.6. The number of nitrogens with zero attached hydrogens (tertiary/aromatic N) is 4. The van der Waals surface area contributed by atoms with Gasteiger partial charge in [0, 0.05) is 33.4 Å². The fourth-order valence-electron chi connectivity index (χ4n) is 5.78. The van der Waals surface area contributed by atoms with Crippen LogP contribution in [0.2, 0.25) is 0 Å². The number of carbonyl (C=O) groups is 4. The minimum absolute atomic E-state index is 0.0729. The fourth-order valence-corrected chi connectivity index (χ4v) is 7.65. The summed E-state index contributed by atoms with van der Waals surface area (Å²) in [5.74, 6) is -4.96. The van der Waals surface area contributed by atoms with Gasteiger partial charge in [-0.2, -0.15) is 5.01 Å². The van der Waals surface area contributed by atoms with E-state index in [1.165, 1.54) is 36.4 Å². The molecule has 38 heavy (non-hydrogen) atoms. The number of Topliss-reactive ketones (excluding diaryl/α,β-unsaturated/α-hetero) is 1. The molecule has 1 heterocycles. The van der Waals surface area contributed by atoms with E-state index in [9.17, 15) is 39.4 Å². The Bertz CT molecular complexity index is 1390. The lowest BCUT2D eigenvalue weighted by Gasteiger charge is -2.30. The van der Waals surface area contributed by atoms with Gasteiger partial charge < -0.3 is 0 Å². The first-order chi connectivity index (χ1) is 18.0. The first-order valence-corrected chi connectivity index (χ1v) is 13.3. The van der Waals surface area contributed by atoms with Crippen molar-refractivity contribution < 1.29 is 29.0 Å². The van der Waals surface area contributed by atoms with Crippen molar-refractivity contribution in [2.45, 2.75) is 16.1 Å². The van der Waals surface area contributed by atoms with E-state index in [2.05, 4.69) is 31.9 Å². The number of carbonyl (C=O) groups excluding carboxylic acids is 4. The number of fused-ring (bicyclic) bond motifs is 5. The number of amides is 3. The number of imide groups is 1. The van der Waals surface area contributed by atoms with E-state index in [1.54, 1.807) is 0 Å². The second-order valence-corrected chi connectivity index (χ2v) is 11.5. The van der Waals surface area contributed by atoms with Crippen molar-refractivity contribution in [3.63, 3.8) is 0 Å². The lowest BCUT2D eigenvalue weighted by atomic mass is 9.81.